The van der Waals surface area contributed by atoms with Gasteiger partial charge in [0.2, 0.25) is 0 Å². The monoisotopic (exact) mass is 419 g/mol. The Kier molecular flexibility index (Phi) is 5.94. The molecule has 2 unspecified atom stereocenters. The van der Waals surface area contributed by atoms with Crippen molar-refractivity contribution in [1.29, 1.82) is 0 Å². The topological polar surface area (TPSA) is 48.0 Å². The molecule has 8 heteroatoms. The van der Waals surface area contributed by atoms with Crippen LogP contribution in [-0.4, -0.2) is 42.9 Å². The van der Waals surface area contributed by atoms with Crippen LogP contribution >= 0.6 is 0 Å². The molecule has 2 heterocycles. The highest BCUT2D eigenvalue weighted by Crippen LogP contribution is 2.37. The molecule has 2 aliphatic rings. The number of morpholine rings is 1. The smallest absolute Gasteiger partial charge is 0.411 e. The number of carbonyl (C=O) groups is 1. The predicted octanol–water partition coefficient (Wildman–Crippen LogP) is 4.62. The second kappa shape index (κ2) is 8.79. The fraction of sp³-hybridized carbons (Fsp3) is 0.318. The maximum absolute atomic E-state index is 13.6. The van der Waals surface area contributed by atoms with Crippen molar-refractivity contribution in [3.63, 3.8) is 0 Å². The fourth-order valence-corrected chi connectivity index (χ4v) is 3.83. The lowest BCUT2D eigenvalue weighted by atomic mass is 9.89. The maximum atomic E-state index is 13.6. The summed E-state index contributed by atoms with van der Waals surface area (Å²) >= 11 is 0. The molecule has 5 nitrogen and oxygen atoms in total. The Balaban J connectivity index is 1.54. The van der Waals surface area contributed by atoms with Crippen molar-refractivity contribution in [2.75, 3.05) is 13.2 Å². The Hall–Kier alpha value is -3.00. The van der Waals surface area contributed by atoms with Crippen LogP contribution in [0.2, 0.25) is 0 Å². The summed E-state index contributed by atoms with van der Waals surface area (Å²) in [7, 11) is 0. The van der Waals surface area contributed by atoms with Gasteiger partial charge in [-0.05, 0) is 29.7 Å². The van der Waals surface area contributed by atoms with E-state index < -0.39 is 24.6 Å². The van der Waals surface area contributed by atoms with Gasteiger partial charge in [-0.1, -0.05) is 36.4 Å². The van der Waals surface area contributed by atoms with E-state index in [4.69, 9.17) is 9.47 Å². The summed E-state index contributed by atoms with van der Waals surface area (Å²) in [6.45, 7) is -2.37. The molecule has 0 saturated carbocycles. The lowest BCUT2D eigenvalue weighted by Crippen LogP contribution is -2.56. The van der Waals surface area contributed by atoms with Gasteiger partial charge in [0.1, 0.15) is 18.2 Å². The number of alkyl halides is 2. The molecular formula is C22H20F3NO4. The van der Waals surface area contributed by atoms with Gasteiger partial charge in [-0.25, -0.2) is 9.18 Å². The molecule has 0 N–H and O–H groups in total. The summed E-state index contributed by atoms with van der Waals surface area (Å²) in [5, 5.41) is 0. The van der Waals surface area contributed by atoms with Crippen LogP contribution in [0, 0.1) is 5.82 Å². The van der Waals surface area contributed by atoms with E-state index in [1.807, 2.05) is 30.3 Å². The van der Waals surface area contributed by atoms with Gasteiger partial charge in [-0.3, -0.25) is 4.90 Å². The van der Waals surface area contributed by atoms with Crippen molar-refractivity contribution in [3.05, 3.63) is 71.6 Å². The van der Waals surface area contributed by atoms with Crippen LogP contribution in [0.4, 0.5) is 18.0 Å². The molecule has 2 aromatic carbocycles. The van der Waals surface area contributed by atoms with Crippen LogP contribution in [0.5, 0.6) is 5.75 Å². The van der Waals surface area contributed by atoms with Gasteiger partial charge >= 0.3 is 12.7 Å². The molecule has 0 aliphatic carbocycles. The molecule has 30 heavy (non-hydrogen) atoms. The number of carbonyl (C=O) groups excluding carboxylic acids is 1. The van der Waals surface area contributed by atoms with E-state index in [0.717, 1.165) is 11.6 Å². The van der Waals surface area contributed by atoms with Crippen molar-refractivity contribution < 1.29 is 32.2 Å². The molecule has 1 fully saturated rings. The Morgan fingerprint density at radius 3 is 2.70 bits per heavy atom. The number of amides is 1. The van der Waals surface area contributed by atoms with E-state index >= 15 is 0 Å². The summed E-state index contributed by atoms with van der Waals surface area (Å²) in [5.74, 6) is -0.893. The number of hydrogen-bond donors (Lipinski definition) is 0. The van der Waals surface area contributed by atoms with Crippen molar-refractivity contribution in [2.24, 2.45) is 0 Å². The molecule has 158 valence electrons. The molecule has 2 atom stereocenters. The number of benzene rings is 2. The second-order valence-corrected chi connectivity index (χ2v) is 7.12. The van der Waals surface area contributed by atoms with E-state index in [2.05, 4.69) is 4.74 Å². The van der Waals surface area contributed by atoms with Gasteiger partial charge in [0, 0.05) is 11.6 Å². The van der Waals surface area contributed by atoms with Crippen LogP contribution in [-0.2, 0) is 16.1 Å². The Labute approximate surface area is 171 Å². The first-order valence-corrected chi connectivity index (χ1v) is 9.53. The molecule has 1 saturated heterocycles. The standard InChI is InChI=1S/C22H20F3NO4/c23-16-6-7-19(20(10-16)30-21(24)25)15-8-17-12-28-13-18(9-15)26(17)22(27)29-11-14-4-2-1-3-5-14/h1-8,10,17-18,21H,9,11-13H2. The maximum Gasteiger partial charge on any atom is 0.411 e. The largest absolute Gasteiger partial charge is 0.445 e. The summed E-state index contributed by atoms with van der Waals surface area (Å²) in [5.41, 5.74) is 1.96. The minimum absolute atomic E-state index is 0.150. The number of rotatable bonds is 5. The third kappa shape index (κ3) is 4.43. The lowest BCUT2D eigenvalue weighted by molar-refractivity contribution is -0.0503. The Bertz CT molecular complexity index is 935. The predicted molar refractivity (Wildman–Crippen MR) is 102 cm³/mol. The summed E-state index contributed by atoms with van der Waals surface area (Å²) in [6.07, 6.45) is 1.66. The van der Waals surface area contributed by atoms with E-state index in [-0.39, 0.29) is 25.0 Å². The van der Waals surface area contributed by atoms with Crippen molar-refractivity contribution in [3.8, 4) is 5.75 Å². The number of halogens is 3. The minimum Gasteiger partial charge on any atom is -0.445 e. The normalized spacial score (nSPS) is 20.7. The van der Waals surface area contributed by atoms with E-state index in [1.54, 1.807) is 11.0 Å². The average molecular weight is 419 g/mol. The number of nitrogens with zero attached hydrogens (tertiary/aromatic N) is 1. The quantitative estimate of drug-likeness (QED) is 0.710. The van der Waals surface area contributed by atoms with Crippen LogP contribution in [0.1, 0.15) is 17.5 Å². The first-order valence-electron chi connectivity index (χ1n) is 9.53. The minimum atomic E-state index is -3.07. The highest BCUT2D eigenvalue weighted by Gasteiger charge is 2.39. The molecule has 0 aromatic heterocycles. The van der Waals surface area contributed by atoms with Crippen LogP contribution in [0.25, 0.3) is 5.57 Å². The lowest BCUT2D eigenvalue weighted by Gasteiger charge is -2.43. The Morgan fingerprint density at radius 1 is 1.17 bits per heavy atom. The fourth-order valence-electron chi connectivity index (χ4n) is 3.83. The number of fused-ring (bicyclic) bond motifs is 2. The van der Waals surface area contributed by atoms with E-state index in [1.165, 1.54) is 12.1 Å². The van der Waals surface area contributed by atoms with E-state index in [9.17, 15) is 18.0 Å². The van der Waals surface area contributed by atoms with Gasteiger partial charge in [-0.15, -0.1) is 0 Å². The molecular weight excluding hydrogens is 399 g/mol. The number of ether oxygens (including phenoxy) is 3. The van der Waals surface area contributed by atoms with Crippen molar-refractivity contribution in [1.82, 2.24) is 4.90 Å². The van der Waals surface area contributed by atoms with E-state index in [0.29, 0.717) is 24.2 Å². The van der Waals surface area contributed by atoms with Gasteiger partial charge in [0.15, 0.2) is 0 Å². The average Bonchev–Trinajstić information content (AvgIpc) is 2.71. The van der Waals surface area contributed by atoms with Crippen molar-refractivity contribution >= 4 is 11.7 Å². The Morgan fingerprint density at radius 2 is 1.97 bits per heavy atom. The first kappa shape index (κ1) is 20.3. The molecule has 4 rings (SSSR count). The third-order valence-corrected chi connectivity index (χ3v) is 5.12. The van der Waals surface area contributed by atoms with Gasteiger partial charge in [-0.2, -0.15) is 8.78 Å². The zero-order valence-electron chi connectivity index (χ0n) is 16.0. The summed E-state index contributed by atoms with van der Waals surface area (Å²) < 4.78 is 54.6. The molecule has 2 bridgehead atoms. The molecule has 0 radical (unpaired) electrons. The summed E-state index contributed by atoms with van der Waals surface area (Å²) in [4.78, 5) is 14.3. The molecule has 2 aromatic rings. The first-order chi connectivity index (χ1) is 14.5. The van der Waals surface area contributed by atoms with Crippen LogP contribution < -0.4 is 4.74 Å². The summed E-state index contributed by atoms with van der Waals surface area (Å²) in [6, 6.07) is 12.2. The van der Waals surface area contributed by atoms with Crippen molar-refractivity contribution in [2.45, 2.75) is 31.7 Å². The number of hydrogen-bond acceptors (Lipinski definition) is 4. The zero-order chi connectivity index (χ0) is 21.1. The molecule has 0 spiro atoms. The van der Waals surface area contributed by atoms with Crippen LogP contribution in [0.3, 0.4) is 0 Å². The van der Waals surface area contributed by atoms with Gasteiger partial charge < -0.3 is 14.2 Å². The third-order valence-electron chi connectivity index (χ3n) is 5.12. The zero-order valence-corrected chi connectivity index (χ0v) is 16.0. The molecule has 1 amide bonds. The van der Waals surface area contributed by atoms with Crippen LogP contribution in [0.15, 0.2) is 54.6 Å². The highest BCUT2D eigenvalue weighted by atomic mass is 19.3. The highest BCUT2D eigenvalue weighted by molar-refractivity contribution is 5.76. The molecule has 2 aliphatic heterocycles. The van der Waals surface area contributed by atoms with Gasteiger partial charge in [0.05, 0.1) is 25.3 Å². The SMILES string of the molecule is O=C(OCc1ccccc1)N1C2C=C(c3ccc(F)cc3OC(F)F)CC1COC2. The van der Waals surface area contributed by atoms with Gasteiger partial charge in [0.25, 0.3) is 0 Å². The second-order valence-electron chi connectivity index (χ2n) is 7.12.